The fourth-order valence-corrected chi connectivity index (χ4v) is 1.82. The maximum Gasteiger partial charge on any atom is 0.273 e. The third kappa shape index (κ3) is 2.19. The summed E-state index contributed by atoms with van der Waals surface area (Å²) in [5, 5.41) is 10.6. The number of benzene rings is 1. The summed E-state index contributed by atoms with van der Waals surface area (Å²) in [5.41, 5.74) is 1.51. The number of alkyl halides is 1. The molecule has 0 aromatic heterocycles. The number of hydrogen-bond acceptors (Lipinski definition) is 2. The first-order valence-electron chi connectivity index (χ1n) is 3.55. The number of hydrogen-bond donors (Lipinski definition) is 0. The molecule has 0 aliphatic carbocycles. The summed E-state index contributed by atoms with van der Waals surface area (Å²) < 4.78 is 0.681. The predicted molar refractivity (Wildman–Crippen MR) is 55.1 cm³/mol. The second-order valence-electron chi connectivity index (χ2n) is 2.60. The molecule has 0 spiro atoms. The Kier molecular flexibility index (Phi) is 3.27. The minimum absolute atomic E-state index is 0.102. The van der Waals surface area contributed by atoms with E-state index in [2.05, 4.69) is 15.9 Å². The van der Waals surface area contributed by atoms with Crippen molar-refractivity contribution in [3.8, 4) is 0 Å². The summed E-state index contributed by atoms with van der Waals surface area (Å²) in [6, 6.07) is 3.26. The molecule has 3 nitrogen and oxygen atoms in total. The lowest BCUT2D eigenvalue weighted by atomic mass is 10.1. The molecular weight excluding hydrogens is 257 g/mol. The van der Waals surface area contributed by atoms with Crippen molar-refractivity contribution in [2.75, 3.05) is 0 Å². The van der Waals surface area contributed by atoms with Crippen molar-refractivity contribution in [1.82, 2.24) is 0 Å². The lowest BCUT2D eigenvalue weighted by Crippen LogP contribution is -1.95. The number of nitro groups is 1. The van der Waals surface area contributed by atoms with E-state index in [1.54, 1.807) is 13.0 Å². The van der Waals surface area contributed by atoms with E-state index in [9.17, 15) is 10.1 Å². The molecule has 0 radical (unpaired) electrons. The first-order chi connectivity index (χ1) is 6.06. The Hall–Kier alpha value is -0.610. The minimum atomic E-state index is -0.407. The highest BCUT2D eigenvalue weighted by molar-refractivity contribution is 9.10. The van der Waals surface area contributed by atoms with Crippen molar-refractivity contribution in [2.45, 2.75) is 12.8 Å². The molecule has 5 heteroatoms. The average molecular weight is 265 g/mol. The standard InChI is InChI=1S/C8H7BrClNO2/c1-5-6(4-10)2-7(9)3-8(5)11(12)13/h2-3H,4H2,1H3. The van der Waals surface area contributed by atoms with Gasteiger partial charge < -0.3 is 0 Å². The molecule has 1 rings (SSSR count). The van der Waals surface area contributed by atoms with E-state index >= 15 is 0 Å². The smallest absolute Gasteiger partial charge is 0.258 e. The molecule has 1 aromatic rings. The van der Waals surface area contributed by atoms with Crippen molar-refractivity contribution in [3.05, 3.63) is 37.8 Å². The van der Waals surface area contributed by atoms with Crippen LogP contribution in [0, 0.1) is 17.0 Å². The van der Waals surface area contributed by atoms with E-state index in [0.29, 0.717) is 10.0 Å². The summed E-state index contributed by atoms with van der Waals surface area (Å²) in [7, 11) is 0. The molecule has 0 fully saturated rings. The third-order valence-electron chi connectivity index (χ3n) is 1.79. The van der Waals surface area contributed by atoms with Crippen LogP contribution < -0.4 is 0 Å². The second kappa shape index (κ2) is 4.07. The Morgan fingerprint density at radius 2 is 2.23 bits per heavy atom. The van der Waals surface area contributed by atoms with Crippen LogP contribution in [0.4, 0.5) is 5.69 Å². The average Bonchev–Trinajstić information content (AvgIpc) is 2.08. The molecule has 0 aliphatic rings. The predicted octanol–water partition coefficient (Wildman–Crippen LogP) is 3.40. The van der Waals surface area contributed by atoms with E-state index in [4.69, 9.17) is 11.6 Å². The van der Waals surface area contributed by atoms with Crippen LogP contribution in [0.25, 0.3) is 0 Å². The van der Waals surface area contributed by atoms with Gasteiger partial charge in [0, 0.05) is 22.0 Å². The van der Waals surface area contributed by atoms with Crippen LogP contribution in [0.1, 0.15) is 11.1 Å². The van der Waals surface area contributed by atoms with Crippen molar-refractivity contribution in [1.29, 1.82) is 0 Å². The van der Waals surface area contributed by atoms with Gasteiger partial charge in [-0.15, -0.1) is 11.6 Å². The summed E-state index contributed by atoms with van der Waals surface area (Å²) in [4.78, 5) is 10.2. The second-order valence-corrected chi connectivity index (χ2v) is 3.78. The molecule has 0 N–H and O–H groups in total. The summed E-state index contributed by atoms with van der Waals surface area (Å²) in [6.07, 6.45) is 0. The van der Waals surface area contributed by atoms with E-state index in [-0.39, 0.29) is 11.6 Å². The lowest BCUT2D eigenvalue weighted by Gasteiger charge is -2.03. The van der Waals surface area contributed by atoms with Gasteiger partial charge in [-0.2, -0.15) is 0 Å². The van der Waals surface area contributed by atoms with Gasteiger partial charge in [-0.05, 0) is 18.6 Å². The number of halogens is 2. The van der Waals surface area contributed by atoms with E-state index in [1.165, 1.54) is 6.07 Å². The van der Waals surface area contributed by atoms with Gasteiger partial charge in [-0.25, -0.2) is 0 Å². The van der Waals surface area contributed by atoms with Crippen molar-refractivity contribution in [2.24, 2.45) is 0 Å². The quantitative estimate of drug-likeness (QED) is 0.467. The van der Waals surface area contributed by atoms with Gasteiger partial charge in [0.1, 0.15) is 0 Å². The molecule has 70 valence electrons. The molecule has 0 amide bonds. The Morgan fingerprint density at radius 1 is 1.62 bits per heavy atom. The zero-order chi connectivity index (χ0) is 10.0. The highest BCUT2D eigenvalue weighted by Crippen LogP contribution is 2.27. The molecule has 0 saturated heterocycles. The first-order valence-corrected chi connectivity index (χ1v) is 4.88. The van der Waals surface area contributed by atoms with Gasteiger partial charge in [0.2, 0.25) is 0 Å². The van der Waals surface area contributed by atoms with Gasteiger partial charge in [0.25, 0.3) is 5.69 Å². The summed E-state index contributed by atoms with van der Waals surface area (Å²) >= 11 is 8.83. The third-order valence-corrected chi connectivity index (χ3v) is 2.54. The lowest BCUT2D eigenvalue weighted by molar-refractivity contribution is -0.385. The number of rotatable bonds is 2. The Bertz CT molecular complexity index is 354. The molecule has 0 atom stereocenters. The van der Waals surface area contributed by atoms with Crippen LogP contribution in [-0.4, -0.2) is 4.92 Å². The fourth-order valence-electron chi connectivity index (χ4n) is 1.05. The number of nitrogens with zero attached hydrogens (tertiary/aromatic N) is 1. The van der Waals surface area contributed by atoms with Crippen LogP contribution >= 0.6 is 27.5 Å². The molecule has 0 saturated carbocycles. The molecule has 1 aromatic carbocycles. The molecule has 0 unspecified atom stereocenters. The van der Waals surface area contributed by atoms with Gasteiger partial charge in [0.15, 0.2) is 0 Å². The SMILES string of the molecule is Cc1c(CCl)cc(Br)cc1[N+](=O)[O-]. The first kappa shape index (κ1) is 10.5. The Balaban J connectivity index is 3.35. The Morgan fingerprint density at radius 3 is 2.69 bits per heavy atom. The van der Waals surface area contributed by atoms with Crippen molar-refractivity contribution in [3.63, 3.8) is 0 Å². The highest BCUT2D eigenvalue weighted by atomic mass is 79.9. The molecular formula is C8H7BrClNO2. The van der Waals surface area contributed by atoms with Gasteiger partial charge in [-0.1, -0.05) is 15.9 Å². The van der Waals surface area contributed by atoms with Crippen LogP contribution in [-0.2, 0) is 5.88 Å². The van der Waals surface area contributed by atoms with Crippen LogP contribution in [0.5, 0.6) is 0 Å². The van der Waals surface area contributed by atoms with Gasteiger partial charge in [-0.3, -0.25) is 10.1 Å². The summed E-state index contributed by atoms with van der Waals surface area (Å²) in [5.74, 6) is 0.284. The molecule has 0 heterocycles. The zero-order valence-electron chi connectivity index (χ0n) is 6.88. The summed E-state index contributed by atoms with van der Waals surface area (Å²) in [6.45, 7) is 1.70. The van der Waals surface area contributed by atoms with Crippen LogP contribution in [0.2, 0.25) is 0 Å². The largest absolute Gasteiger partial charge is 0.273 e. The van der Waals surface area contributed by atoms with E-state index in [0.717, 1.165) is 5.56 Å². The van der Waals surface area contributed by atoms with E-state index < -0.39 is 4.92 Å². The normalized spacial score (nSPS) is 10.1. The highest BCUT2D eigenvalue weighted by Gasteiger charge is 2.14. The molecule has 0 bridgehead atoms. The zero-order valence-corrected chi connectivity index (χ0v) is 9.22. The van der Waals surface area contributed by atoms with Crippen molar-refractivity contribution < 1.29 is 4.92 Å². The fraction of sp³-hybridized carbons (Fsp3) is 0.250. The van der Waals surface area contributed by atoms with Crippen molar-refractivity contribution >= 4 is 33.2 Å². The monoisotopic (exact) mass is 263 g/mol. The minimum Gasteiger partial charge on any atom is -0.258 e. The van der Waals surface area contributed by atoms with Crippen LogP contribution in [0.15, 0.2) is 16.6 Å². The molecule has 13 heavy (non-hydrogen) atoms. The van der Waals surface area contributed by atoms with E-state index in [1.807, 2.05) is 0 Å². The van der Waals surface area contributed by atoms with Gasteiger partial charge in [0.05, 0.1) is 4.92 Å². The molecule has 0 aliphatic heterocycles. The van der Waals surface area contributed by atoms with Crippen LogP contribution in [0.3, 0.4) is 0 Å². The van der Waals surface area contributed by atoms with Gasteiger partial charge >= 0.3 is 0 Å². The topological polar surface area (TPSA) is 43.1 Å². The Labute approximate surface area is 89.0 Å². The maximum absolute atomic E-state index is 10.6. The maximum atomic E-state index is 10.6. The number of nitro benzene ring substituents is 1.